The lowest BCUT2D eigenvalue weighted by atomic mass is 9.80. The molecule has 10 heteroatoms. The molecular formula is C24H19Cl3N2O5. The molecule has 0 unspecified atom stereocenters. The number of ether oxygens (including phenoxy) is 1. The lowest BCUT2D eigenvalue weighted by Gasteiger charge is -2.28. The summed E-state index contributed by atoms with van der Waals surface area (Å²) >= 11 is 18.8. The lowest BCUT2D eigenvalue weighted by Crippen LogP contribution is -2.37. The van der Waals surface area contributed by atoms with Crippen LogP contribution in [0.15, 0.2) is 48.5 Å². The first-order valence-electron chi connectivity index (χ1n) is 10.8. The number of rotatable bonds is 5. The van der Waals surface area contributed by atoms with Crippen LogP contribution < -0.4 is 10.2 Å². The molecule has 34 heavy (non-hydrogen) atoms. The quantitative estimate of drug-likeness (QED) is 0.363. The Kier molecular flexibility index (Phi) is 6.04. The zero-order valence-electron chi connectivity index (χ0n) is 17.6. The van der Waals surface area contributed by atoms with Crippen molar-refractivity contribution in [2.45, 2.75) is 17.2 Å². The summed E-state index contributed by atoms with van der Waals surface area (Å²) in [6, 6.07) is 12.7. The number of carbonyl (C=O) groups is 4. The summed E-state index contributed by atoms with van der Waals surface area (Å²) in [6.45, 7) is -0.530. The Morgan fingerprint density at radius 2 is 1.62 bits per heavy atom. The highest BCUT2D eigenvalue weighted by atomic mass is 35.5. The van der Waals surface area contributed by atoms with Gasteiger partial charge in [0.2, 0.25) is 11.8 Å². The molecule has 6 atom stereocenters. The molecule has 176 valence electrons. The number of benzene rings is 2. The van der Waals surface area contributed by atoms with Crippen LogP contribution in [0.25, 0.3) is 0 Å². The molecule has 2 aromatic carbocycles. The summed E-state index contributed by atoms with van der Waals surface area (Å²) in [4.78, 5) is 52.1. The fourth-order valence-corrected chi connectivity index (χ4v) is 6.41. The van der Waals surface area contributed by atoms with Crippen LogP contribution in [0.1, 0.15) is 16.8 Å². The second-order valence-corrected chi connectivity index (χ2v) is 10.1. The van der Waals surface area contributed by atoms with E-state index in [0.717, 1.165) is 4.90 Å². The molecule has 2 aromatic rings. The first-order valence-corrected chi connectivity index (χ1v) is 12.0. The van der Waals surface area contributed by atoms with Crippen molar-refractivity contribution in [1.29, 1.82) is 0 Å². The van der Waals surface area contributed by atoms with Crippen LogP contribution in [0, 0.1) is 23.7 Å². The van der Waals surface area contributed by atoms with E-state index in [9.17, 15) is 19.2 Å². The van der Waals surface area contributed by atoms with Crippen LogP contribution in [0.4, 0.5) is 11.4 Å². The van der Waals surface area contributed by atoms with E-state index in [2.05, 4.69) is 5.32 Å². The number of esters is 1. The van der Waals surface area contributed by atoms with Crippen LogP contribution >= 0.6 is 34.8 Å². The Morgan fingerprint density at radius 1 is 0.971 bits per heavy atom. The van der Waals surface area contributed by atoms with Crippen molar-refractivity contribution in [2.24, 2.45) is 23.7 Å². The molecule has 1 heterocycles. The van der Waals surface area contributed by atoms with Gasteiger partial charge in [0.05, 0.1) is 44.6 Å². The van der Waals surface area contributed by atoms with Crippen molar-refractivity contribution in [3.05, 3.63) is 59.1 Å². The van der Waals surface area contributed by atoms with Gasteiger partial charge in [-0.15, -0.1) is 23.2 Å². The molecule has 1 aliphatic heterocycles. The van der Waals surface area contributed by atoms with Crippen molar-refractivity contribution >= 4 is 69.9 Å². The van der Waals surface area contributed by atoms with Crippen LogP contribution in [0.5, 0.6) is 0 Å². The summed E-state index contributed by atoms with van der Waals surface area (Å²) in [5.41, 5.74) is 0.779. The number of fused-ring (bicyclic) bond motifs is 5. The molecule has 3 aliphatic rings. The largest absolute Gasteiger partial charge is 0.452 e. The van der Waals surface area contributed by atoms with Gasteiger partial charge in [-0.1, -0.05) is 29.8 Å². The highest BCUT2D eigenvalue weighted by Crippen LogP contribution is 2.59. The first kappa shape index (κ1) is 23.1. The number of hydrogen-bond donors (Lipinski definition) is 1. The molecular weight excluding hydrogens is 503 g/mol. The maximum Gasteiger partial charge on any atom is 0.338 e. The number of carbonyl (C=O) groups excluding carboxylic acids is 4. The van der Waals surface area contributed by atoms with Gasteiger partial charge in [-0.25, -0.2) is 4.79 Å². The van der Waals surface area contributed by atoms with Crippen LogP contribution in [-0.2, 0) is 19.1 Å². The van der Waals surface area contributed by atoms with E-state index < -0.39 is 30.3 Å². The Hall–Kier alpha value is -2.61. The minimum atomic E-state index is -0.767. The first-order chi connectivity index (χ1) is 16.3. The summed E-state index contributed by atoms with van der Waals surface area (Å²) in [7, 11) is 0. The molecule has 2 aliphatic carbocycles. The van der Waals surface area contributed by atoms with E-state index in [-0.39, 0.29) is 45.7 Å². The zero-order valence-corrected chi connectivity index (χ0v) is 19.9. The van der Waals surface area contributed by atoms with Gasteiger partial charge in [-0.2, -0.15) is 0 Å². The minimum Gasteiger partial charge on any atom is -0.452 e. The van der Waals surface area contributed by atoms with Crippen LogP contribution in [-0.4, -0.2) is 41.1 Å². The summed E-state index contributed by atoms with van der Waals surface area (Å²) in [5, 5.41) is 2.23. The number of hydrogen-bond acceptors (Lipinski definition) is 5. The number of amides is 3. The van der Waals surface area contributed by atoms with Crippen LogP contribution in [0.3, 0.4) is 0 Å². The third-order valence-corrected chi connectivity index (χ3v) is 8.46. The maximum absolute atomic E-state index is 13.2. The number of halogens is 3. The fourth-order valence-electron chi connectivity index (χ4n) is 5.34. The number of anilines is 2. The van der Waals surface area contributed by atoms with E-state index in [4.69, 9.17) is 39.5 Å². The van der Waals surface area contributed by atoms with E-state index in [0.29, 0.717) is 17.1 Å². The summed E-state index contributed by atoms with van der Waals surface area (Å²) in [5.74, 6) is -3.20. The predicted octanol–water partition coefficient (Wildman–Crippen LogP) is 4.11. The number of para-hydroxylation sites is 1. The fraction of sp³-hybridized carbons (Fsp3) is 0.333. The SMILES string of the molecule is O=C(COC(=O)c1cccc(N2C(=O)[C@@H]3[C@H]4C[C@@H]([C@H](Cl)[C@H]4Cl)[C@H]3C2=O)c1)Nc1ccccc1Cl. The highest BCUT2D eigenvalue weighted by Gasteiger charge is 2.66. The topological polar surface area (TPSA) is 92.8 Å². The predicted molar refractivity (Wildman–Crippen MR) is 127 cm³/mol. The Morgan fingerprint density at radius 3 is 2.26 bits per heavy atom. The summed E-state index contributed by atoms with van der Waals surface area (Å²) in [6.07, 6.45) is 0.672. The third-order valence-electron chi connectivity index (χ3n) is 6.81. The Labute approximate surface area is 210 Å². The van der Waals surface area contributed by atoms with E-state index >= 15 is 0 Å². The second kappa shape index (κ2) is 8.87. The van der Waals surface area contributed by atoms with Crippen molar-refractivity contribution in [1.82, 2.24) is 0 Å². The van der Waals surface area contributed by atoms with Gasteiger partial charge in [0.15, 0.2) is 6.61 Å². The molecule has 0 spiro atoms. The van der Waals surface area contributed by atoms with Gasteiger partial charge in [0, 0.05) is 0 Å². The minimum absolute atomic E-state index is 0.106. The molecule has 0 radical (unpaired) electrons. The molecule has 0 aromatic heterocycles. The van der Waals surface area contributed by atoms with Gasteiger partial charge in [0.25, 0.3) is 5.91 Å². The van der Waals surface area contributed by atoms with Gasteiger partial charge >= 0.3 is 5.97 Å². The Bertz CT molecular complexity index is 1170. The van der Waals surface area contributed by atoms with Gasteiger partial charge in [-0.3, -0.25) is 19.3 Å². The van der Waals surface area contributed by atoms with E-state index in [1.165, 1.54) is 12.1 Å². The number of nitrogens with one attached hydrogen (secondary N) is 1. The lowest BCUT2D eigenvalue weighted by molar-refractivity contribution is -0.123. The highest BCUT2D eigenvalue weighted by molar-refractivity contribution is 6.34. The van der Waals surface area contributed by atoms with Crippen LogP contribution in [0.2, 0.25) is 5.02 Å². The van der Waals surface area contributed by atoms with E-state index in [1.807, 2.05) is 0 Å². The normalized spacial score (nSPS) is 29.3. The zero-order chi connectivity index (χ0) is 24.1. The second-order valence-electron chi connectivity index (χ2n) is 8.67. The molecule has 2 bridgehead atoms. The number of alkyl halides is 2. The molecule has 1 N–H and O–H groups in total. The monoisotopic (exact) mass is 520 g/mol. The molecule has 1 saturated heterocycles. The van der Waals surface area contributed by atoms with Crippen molar-refractivity contribution in [3.63, 3.8) is 0 Å². The Balaban J connectivity index is 1.27. The average molecular weight is 522 g/mol. The van der Waals surface area contributed by atoms with Crippen molar-refractivity contribution in [2.75, 3.05) is 16.8 Å². The molecule has 7 nitrogen and oxygen atoms in total. The molecule has 3 amide bonds. The number of imide groups is 1. The van der Waals surface area contributed by atoms with Crippen molar-refractivity contribution in [3.8, 4) is 0 Å². The van der Waals surface area contributed by atoms with Gasteiger partial charge in [0.1, 0.15) is 0 Å². The van der Waals surface area contributed by atoms with Gasteiger partial charge < -0.3 is 10.1 Å². The molecule has 3 fully saturated rings. The molecule has 5 rings (SSSR count). The standard InChI is InChI=1S/C24H19Cl3N2O5/c25-15-6-1-2-7-16(15)28-17(30)10-34-24(33)11-4-3-5-12(8-11)29-22(31)18-13-9-14(19(18)23(29)32)21(27)20(13)26/h1-8,13-14,18-21H,9-10H2,(H,28,30)/t13-,14-,18-,19-,20+,21+/m1/s1. The smallest absolute Gasteiger partial charge is 0.338 e. The third kappa shape index (κ3) is 3.76. The van der Waals surface area contributed by atoms with Gasteiger partial charge in [-0.05, 0) is 48.6 Å². The van der Waals surface area contributed by atoms with E-state index in [1.54, 1.807) is 36.4 Å². The maximum atomic E-state index is 13.2. The number of nitrogens with zero attached hydrogens (tertiary/aromatic N) is 1. The van der Waals surface area contributed by atoms with Crippen molar-refractivity contribution < 1.29 is 23.9 Å². The molecule has 2 saturated carbocycles. The summed E-state index contributed by atoms with van der Waals surface area (Å²) < 4.78 is 5.10. The average Bonchev–Trinajstić information content (AvgIpc) is 3.44.